The number of carbonyl (C=O) groups is 1. The summed E-state index contributed by atoms with van der Waals surface area (Å²) in [6.45, 7) is 9.31. The number of likely N-dealkylation sites (tertiary alicyclic amines) is 1. The smallest absolute Gasteiger partial charge is 0.253 e. The number of ether oxygens (including phenoxy) is 1. The van der Waals surface area contributed by atoms with Gasteiger partial charge >= 0.3 is 0 Å². The summed E-state index contributed by atoms with van der Waals surface area (Å²) in [6.07, 6.45) is 2.07. The van der Waals surface area contributed by atoms with Gasteiger partial charge in [-0.15, -0.1) is 0 Å². The maximum atomic E-state index is 13.1. The van der Waals surface area contributed by atoms with E-state index in [4.69, 9.17) is 4.74 Å². The molecule has 1 fully saturated rings. The molecule has 1 aliphatic heterocycles. The van der Waals surface area contributed by atoms with Crippen molar-refractivity contribution in [3.63, 3.8) is 0 Å². The lowest BCUT2D eigenvalue weighted by Gasteiger charge is -2.38. The third kappa shape index (κ3) is 4.51. The molecule has 6 nitrogen and oxygen atoms in total. The molecule has 0 aliphatic carbocycles. The van der Waals surface area contributed by atoms with E-state index in [0.29, 0.717) is 18.6 Å². The number of hydrogen-bond acceptors (Lipinski definition) is 4. The number of rotatable bonds is 6. The van der Waals surface area contributed by atoms with Crippen LogP contribution in [0.1, 0.15) is 48.4 Å². The lowest BCUT2D eigenvalue weighted by atomic mass is 10.0. The largest absolute Gasteiger partial charge is 0.497 e. The maximum Gasteiger partial charge on any atom is 0.253 e. The minimum Gasteiger partial charge on any atom is -0.497 e. The number of hydrogen-bond donors (Lipinski definition) is 0. The SMILES string of the molecule is COc1ccc2nc(C)n(Cc3ccc(C(=O)N(C)C4CCN(C(C)C)CC4)cc3)c2c1. The van der Waals surface area contributed by atoms with Crippen LogP contribution >= 0.6 is 0 Å². The molecule has 0 radical (unpaired) electrons. The van der Waals surface area contributed by atoms with Crippen LogP contribution in [0, 0.1) is 6.92 Å². The van der Waals surface area contributed by atoms with Gasteiger partial charge in [-0.3, -0.25) is 4.79 Å². The van der Waals surface area contributed by atoms with Gasteiger partial charge in [0, 0.05) is 50.4 Å². The fourth-order valence-corrected chi connectivity index (χ4v) is 4.64. The second kappa shape index (κ2) is 9.33. The molecule has 0 N–H and O–H groups in total. The highest BCUT2D eigenvalue weighted by molar-refractivity contribution is 5.94. The molecule has 4 rings (SSSR count). The van der Waals surface area contributed by atoms with Crippen LogP contribution in [-0.4, -0.2) is 64.6 Å². The first kappa shape index (κ1) is 22.3. The minimum absolute atomic E-state index is 0.105. The molecule has 0 bridgehead atoms. The van der Waals surface area contributed by atoms with E-state index < -0.39 is 0 Å². The van der Waals surface area contributed by atoms with Gasteiger partial charge in [-0.1, -0.05) is 12.1 Å². The number of carbonyl (C=O) groups excluding carboxylic acids is 1. The normalized spacial score (nSPS) is 15.4. The van der Waals surface area contributed by atoms with E-state index in [0.717, 1.165) is 59.7 Å². The first-order valence-electron chi connectivity index (χ1n) is 11.5. The summed E-state index contributed by atoms with van der Waals surface area (Å²) in [7, 11) is 3.62. The standard InChI is InChI=1S/C26H34N4O2/c1-18(2)29-14-12-22(13-15-29)28(4)26(31)21-8-6-20(7-9-21)17-30-19(3)27-24-11-10-23(32-5)16-25(24)30/h6-11,16,18,22H,12-15,17H2,1-5H3. The molecule has 1 aromatic heterocycles. The van der Waals surface area contributed by atoms with E-state index in [2.05, 4.69) is 28.3 Å². The number of imidazole rings is 1. The molecule has 170 valence electrons. The third-order valence-corrected chi connectivity index (χ3v) is 6.79. The predicted octanol–water partition coefficient (Wildman–Crippen LogP) is 4.35. The second-order valence-corrected chi connectivity index (χ2v) is 9.07. The Morgan fingerprint density at radius 1 is 1.16 bits per heavy atom. The van der Waals surface area contributed by atoms with Crippen LogP contribution in [-0.2, 0) is 6.54 Å². The summed E-state index contributed by atoms with van der Waals surface area (Å²) >= 11 is 0. The summed E-state index contributed by atoms with van der Waals surface area (Å²) in [5.41, 5.74) is 3.89. The lowest BCUT2D eigenvalue weighted by Crippen LogP contribution is -2.47. The fourth-order valence-electron chi connectivity index (χ4n) is 4.64. The Balaban J connectivity index is 1.45. The van der Waals surface area contributed by atoms with Crippen LogP contribution in [0.2, 0.25) is 0 Å². The van der Waals surface area contributed by atoms with Gasteiger partial charge in [-0.2, -0.15) is 0 Å². The number of amides is 1. The number of aromatic nitrogens is 2. The average Bonchev–Trinajstić information content (AvgIpc) is 3.12. The molecule has 0 atom stereocenters. The van der Waals surface area contributed by atoms with Crippen molar-refractivity contribution in [3.8, 4) is 5.75 Å². The Kier molecular flexibility index (Phi) is 6.51. The van der Waals surface area contributed by atoms with Crippen LogP contribution in [0.15, 0.2) is 42.5 Å². The zero-order chi connectivity index (χ0) is 22.8. The Hall–Kier alpha value is -2.86. The summed E-state index contributed by atoms with van der Waals surface area (Å²) in [5.74, 6) is 1.89. The fraction of sp³-hybridized carbons (Fsp3) is 0.462. The number of aryl methyl sites for hydroxylation is 1. The number of methoxy groups -OCH3 is 1. The second-order valence-electron chi connectivity index (χ2n) is 9.07. The van der Waals surface area contributed by atoms with Crippen LogP contribution in [0.5, 0.6) is 5.75 Å². The van der Waals surface area contributed by atoms with Gasteiger partial charge in [0.25, 0.3) is 5.91 Å². The number of nitrogens with zero attached hydrogens (tertiary/aromatic N) is 4. The molecule has 1 aliphatic rings. The Labute approximate surface area is 190 Å². The van der Waals surface area contributed by atoms with Crippen molar-refractivity contribution in [2.45, 2.75) is 52.2 Å². The molecule has 0 saturated carbocycles. The van der Waals surface area contributed by atoms with Crippen LogP contribution in [0.3, 0.4) is 0 Å². The van der Waals surface area contributed by atoms with Gasteiger partial charge in [0.15, 0.2) is 0 Å². The van der Waals surface area contributed by atoms with Gasteiger partial charge < -0.3 is 19.1 Å². The highest BCUT2D eigenvalue weighted by atomic mass is 16.5. The van der Waals surface area contributed by atoms with Crippen molar-refractivity contribution in [1.29, 1.82) is 0 Å². The molecule has 3 aromatic rings. The molecule has 32 heavy (non-hydrogen) atoms. The average molecular weight is 435 g/mol. The topological polar surface area (TPSA) is 50.6 Å². The maximum absolute atomic E-state index is 13.1. The molecule has 2 heterocycles. The summed E-state index contributed by atoms with van der Waals surface area (Å²) in [4.78, 5) is 22.2. The summed E-state index contributed by atoms with van der Waals surface area (Å²) in [6, 6.07) is 14.8. The first-order chi connectivity index (χ1) is 15.4. The summed E-state index contributed by atoms with van der Waals surface area (Å²) < 4.78 is 7.57. The molecular weight excluding hydrogens is 400 g/mol. The molecular formula is C26H34N4O2. The van der Waals surface area contributed by atoms with Crippen LogP contribution < -0.4 is 4.74 Å². The highest BCUT2D eigenvalue weighted by Gasteiger charge is 2.26. The Morgan fingerprint density at radius 3 is 2.47 bits per heavy atom. The highest BCUT2D eigenvalue weighted by Crippen LogP contribution is 2.23. The van der Waals surface area contributed by atoms with E-state index in [1.807, 2.05) is 61.3 Å². The molecule has 6 heteroatoms. The van der Waals surface area contributed by atoms with E-state index >= 15 is 0 Å². The van der Waals surface area contributed by atoms with E-state index in [1.54, 1.807) is 7.11 Å². The zero-order valence-corrected chi connectivity index (χ0v) is 19.8. The van der Waals surface area contributed by atoms with E-state index in [-0.39, 0.29) is 5.91 Å². The Morgan fingerprint density at radius 2 is 1.84 bits per heavy atom. The number of benzene rings is 2. The first-order valence-corrected chi connectivity index (χ1v) is 11.5. The van der Waals surface area contributed by atoms with E-state index in [1.165, 1.54) is 0 Å². The third-order valence-electron chi connectivity index (χ3n) is 6.79. The van der Waals surface area contributed by atoms with Crippen molar-refractivity contribution in [3.05, 3.63) is 59.4 Å². The van der Waals surface area contributed by atoms with Crippen molar-refractivity contribution in [2.24, 2.45) is 0 Å². The number of fused-ring (bicyclic) bond motifs is 1. The van der Waals surface area contributed by atoms with Crippen molar-refractivity contribution in [2.75, 3.05) is 27.2 Å². The quantitative estimate of drug-likeness (QED) is 0.579. The van der Waals surface area contributed by atoms with Crippen LogP contribution in [0.4, 0.5) is 0 Å². The van der Waals surface area contributed by atoms with Crippen LogP contribution in [0.25, 0.3) is 11.0 Å². The lowest BCUT2D eigenvalue weighted by molar-refractivity contribution is 0.0615. The summed E-state index contributed by atoms with van der Waals surface area (Å²) in [5, 5.41) is 0. The van der Waals surface area contributed by atoms with Gasteiger partial charge in [-0.05, 0) is 63.4 Å². The number of piperidine rings is 1. The van der Waals surface area contributed by atoms with Gasteiger partial charge in [0.1, 0.15) is 11.6 Å². The molecule has 1 amide bonds. The van der Waals surface area contributed by atoms with Crippen molar-refractivity contribution >= 4 is 16.9 Å². The minimum atomic E-state index is 0.105. The van der Waals surface area contributed by atoms with Crippen molar-refractivity contribution in [1.82, 2.24) is 19.4 Å². The molecule has 2 aromatic carbocycles. The van der Waals surface area contributed by atoms with Crippen molar-refractivity contribution < 1.29 is 9.53 Å². The van der Waals surface area contributed by atoms with Gasteiger partial charge in [0.2, 0.25) is 0 Å². The van der Waals surface area contributed by atoms with E-state index in [9.17, 15) is 4.79 Å². The monoisotopic (exact) mass is 434 g/mol. The Bertz CT molecular complexity index is 1080. The molecule has 0 spiro atoms. The molecule has 0 unspecified atom stereocenters. The zero-order valence-electron chi connectivity index (χ0n) is 19.8. The predicted molar refractivity (Wildman–Crippen MR) is 128 cm³/mol. The van der Waals surface area contributed by atoms with Gasteiger partial charge in [0.05, 0.1) is 18.1 Å². The van der Waals surface area contributed by atoms with Gasteiger partial charge in [-0.25, -0.2) is 4.98 Å². The molecule has 1 saturated heterocycles.